The maximum Gasteiger partial charge on any atom is 0.232 e. The number of rotatable bonds is 6. The molecule has 0 N–H and O–H groups in total. The molecule has 0 amide bonds. The maximum absolute atomic E-state index is 13.3. The molecule has 0 aliphatic heterocycles. The molecule has 0 saturated carbocycles. The standard InChI is InChI=1S/C28H25N3O2S/c1-33-21-13-10-19(11-14-21)24-15-12-20(18-29)28(30-24)34-17-16-27(32)31-25-8-4-2-6-22(25)23-7-3-5-9-26(23)31/h2,4,6,8,10-15H,3,5,7,9,16-17H2,1H3. The highest BCUT2D eigenvalue weighted by Gasteiger charge is 2.23. The van der Waals surface area contributed by atoms with Crippen LogP contribution in [0.4, 0.5) is 0 Å². The zero-order chi connectivity index (χ0) is 23.5. The minimum atomic E-state index is 0.108. The van der Waals surface area contributed by atoms with E-state index < -0.39 is 0 Å². The SMILES string of the molecule is COc1ccc(-c2ccc(C#N)c(SCCC(=O)n3c4c(c5ccccc53)CCCC4)n2)cc1. The first-order chi connectivity index (χ1) is 16.7. The molecular formula is C28H25N3O2S. The van der Waals surface area contributed by atoms with Crippen LogP contribution in [0, 0.1) is 11.3 Å². The lowest BCUT2D eigenvalue weighted by Crippen LogP contribution is -2.16. The van der Waals surface area contributed by atoms with Gasteiger partial charge in [0.25, 0.3) is 0 Å². The van der Waals surface area contributed by atoms with Crippen molar-refractivity contribution in [2.45, 2.75) is 37.1 Å². The average molecular weight is 468 g/mol. The number of ether oxygens (including phenoxy) is 1. The van der Waals surface area contributed by atoms with Crippen LogP contribution >= 0.6 is 11.8 Å². The molecule has 170 valence electrons. The Bertz CT molecular complexity index is 1400. The summed E-state index contributed by atoms with van der Waals surface area (Å²) in [6.45, 7) is 0. The monoisotopic (exact) mass is 467 g/mol. The summed E-state index contributed by atoms with van der Waals surface area (Å²) in [4.78, 5) is 18.1. The number of benzene rings is 2. The van der Waals surface area contributed by atoms with Gasteiger partial charge < -0.3 is 4.74 Å². The van der Waals surface area contributed by atoms with Crippen LogP contribution in [0.15, 0.2) is 65.7 Å². The second-order valence-corrected chi connectivity index (χ2v) is 9.45. The quantitative estimate of drug-likeness (QED) is 0.312. The lowest BCUT2D eigenvalue weighted by molar-refractivity contribution is 0.0912. The van der Waals surface area contributed by atoms with Gasteiger partial charge in [-0.1, -0.05) is 18.2 Å². The van der Waals surface area contributed by atoms with Gasteiger partial charge in [-0.05, 0) is 73.7 Å². The van der Waals surface area contributed by atoms with E-state index in [0.717, 1.165) is 41.8 Å². The summed E-state index contributed by atoms with van der Waals surface area (Å²) >= 11 is 1.46. The van der Waals surface area contributed by atoms with Crippen LogP contribution in [0.2, 0.25) is 0 Å². The second kappa shape index (κ2) is 9.74. The van der Waals surface area contributed by atoms with Gasteiger partial charge in [0, 0.05) is 28.8 Å². The number of aryl methyl sites for hydroxylation is 1. The fraction of sp³-hybridized carbons (Fsp3) is 0.250. The lowest BCUT2D eigenvalue weighted by atomic mass is 9.95. The highest BCUT2D eigenvalue weighted by Crippen LogP contribution is 2.33. The van der Waals surface area contributed by atoms with Gasteiger partial charge in [0.05, 0.1) is 23.9 Å². The predicted octanol–water partition coefficient (Wildman–Crippen LogP) is 6.28. The third-order valence-electron chi connectivity index (χ3n) is 6.35. The van der Waals surface area contributed by atoms with Crippen molar-refractivity contribution >= 4 is 28.6 Å². The molecule has 1 aliphatic rings. The van der Waals surface area contributed by atoms with Crippen molar-refractivity contribution in [3.63, 3.8) is 0 Å². The van der Waals surface area contributed by atoms with Crippen molar-refractivity contribution in [3.05, 3.63) is 77.5 Å². The number of nitrogens with zero attached hydrogens (tertiary/aromatic N) is 3. The number of para-hydroxylation sites is 1. The summed E-state index contributed by atoms with van der Waals surface area (Å²) in [5.74, 6) is 1.45. The van der Waals surface area contributed by atoms with E-state index in [9.17, 15) is 10.1 Å². The highest BCUT2D eigenvalue weighted by atomic mass is 32.2. The molecular weight excluding hydrogens is 442 g/mol. The fourth-order valence-corrected chi connectivity index (χ4v) is 5.59. The van der Waals surface area contributed by atoms with Crippen LogP contribution in [0.25, 0.3) is 22.2 Å². The summed E-state index contributed by atoms with van der Waals surface area (Å²) in [6, 6.07) is 21.8. The zero-order valence-corrected chi connectivity index (χ0v) is 19.9. The summed E-state index contributed by atoms with van der Waals surface area (Å²) in [7, 11) is 1.64. The molecule has 1 aliphatic carbocycles. The van der Waals surface area contributed by atoms with Crippen LogP contribution in [0.5, 0.6) is 5.75 Å². The predicted molar refractivity (Wildman–Crippen MR) is 135 cm³/mol. The Balaban J connectivity index is 1.35. The molecule has 5 nitrogen and oxygen atoms in total. The number of methoxy groups -OCH3 is 1. The first-order valence-corrected chi connectivity index (χ1v) is 12.5. The number of aromatic nitrogens is 2. The Hall–Kier alpha value is -3.56. The van der Waals surface area contributed by atoms with Crippen molar-refractivity contribution in [2.75, 3.05) is 12.9 Å². The summed E-state index contributed by atoms with van der Waals surface area (Å²) < 4.78 is 7.17. The van der Waals surface area contributed by atoms with E-state index in [1.807, 2.05) is 53.1 Å². The number of nitriles is 1. The van der Waals surface area contributed by atoms with E-state index in [1.54, 1.807) is 13.2 Å². The number of hydrogen-bond acceptors (Lipinski definition) is 5. The Morgan fingerprint density at radius 2 is 1.88 bits per heavy atom. The number of thioether (sulfide) groups is 1. The summed E-state index contributed by atoms with van der Waals surface area (Å²) in [5.41, 5.74) is 5.80. The molecule has 0 bridgehead atoms. The van der Waals surface area contributed by atoms with Crippen LogP contribution in [0.1, 0.15) is 40.9 Å². The van der Waals surface area contributed by atoms with Gasteiger partial charge in [0.2, 0.25) is 5.91 Å². The van der Waals surface area contributed by atoms with E-state index in [4.69, 9.17) is 9.72 Å². The number of hydrogen-bond donors (Lipinski definition) is 0. The third-order valence-corrected chi connectivity index (χ3v) is 7.34. The van der Waals surface area contributed by atoms with Gasteiger partial charge in [-0.25, -0.2) is 4.98 Å². The molecule has 0 saturated heterocycles. The molecule has 6 heteroatoms. The number of carbonyl (C=O) groups excluding carboxylic acids is 1. The molecule has 5 rings (SSSR count). The molecule has 0 radical (unpaired) electrons. The first kappa shape index (κ1) is 22.2. The van der Waals surface area contributed by atoms with Gasteiger partial charge in [-0.15, -0.1) is 11.8 Å². The van der Waals surface area contributed by atoms with Crippen LogP contribution in [0.3, 0.4) is 0 Å². The van der Waals surface area contributed by atoms with E-state index in [2.05, 4.69) is 12.1 Å². The molecule has 0 atom stereocenters. The number of carbonyl (C=O) groups is 1. The average Bonchev–Trinajstić information content (AvgIpc) is 3.23. The van der Waals surface area contributed by atoms with E-state index in [-0.39, 0.29) is 5.91 Å². The van der Waals surface area contributed by atoms with Crippen molar-refractivity contribution < 1.29 is 9.53 Å². The van der Waals surface area contributed by atoms with Crippen LogP contribution in [-0.4, -0.2) is 28.3 Å². The normalized spacial score (nSPS) is 12.8. The van der Waals surface area contributed by atoms with E-state index >= 15 is 0 Å². The molecule has 4 aromatic rings. The molecule has 2 heterocycles. The molecule has 0 fully saturated rings. The first-order valence-electron chi connectivity index (χ1n) is 11.5. The molecule has 0 unspecified atom stereocenters. The Morgan fingerprint density at radius 1 is 1.09 bits per heavy atom. The number of fused-ring (bicyclic) bond motifs is 3. The zero-order valence-electron chi connectivity index (χ0n) is 19.1. The topological polar surface area (TPSA) is 67.9 Å². The van der Waals surface area contributed by atoms with Gasteiger partial charge in [0.15, 0.2) is 0 Å². The molecule has 2 aromatic carbocycles. The molecule has 0 spiro atoms. The van der Waals surface area contributed by atoms with Gasteiger partial charge >= 0.3 is 0 Å². The lowest BCUT2D eigenvalue weighted by Gasteiger charge is -2.15. The van der Waals surface area contributed by atoms with Crippen LogP contribution in [-0.2, 0) is 12.8 Å². The van der Waals surface area contributed by atoms with E-state index in [0.29, 0.717) is 22.8 Å². The Labute approximate surface area is 203 Å². The summed E-state index contributed by atoms with van der Waals surface area (Å²) in [5, 5.41) is 11.4. The molecule has 2 aromatic heterocycles. The molecule has 34 heavy (non-hydrogen) atoms. The van der Waals surface area contributed by atoms with Gasteiger partial charge in [-0.3, -0.25) is 9.36 Å². The minimum absolute atomic E-state index is 0.108. The fourth-order valence-electron chi connectivity index (χ4n) is 4.69. The van der Waals surface area contributed by atoms with Gasteiger partial charge in [0.1, 0.15) is 16.8 Å². The summed E-state index contributed by atoms with van der Waals surface area (Å²) in [6.07, 6.45) is 4.68. The van der Waals surface area contributed by atoms with Crippen molar-refractivity contribution in [1.29, 1.82) is 5.26 Å². The number of pyridine rings is 1. The van der Waals surface area contributed by atoms with Crippen molar-refractivity contribution in [3.8, 4) is 23.1 Å². The second-order valence-electron chi connectivity index (χ2n) is 8.37. The maximum atomic E-state index is 13.3. The van der Waals surface area contributed by atoms with E-state index in [1.165, 1.54) is 34.8 Å². The van der Waals surface area contributed by atoms with Crippen molar-refractivity contribution in [1.82, 2.24) is 9.55 Å². The minimum Gasteiger partial charge on any atom is -0.497 e. The third kappa shape index (κ3) is 4.20. The Kier molecular flexibility index (Phi) is 6.37. The van der Waals surface area contributed by atoms with Gasteiger partial charge in [-0.2, -0.15) is 5.26 Å². The smallest absolute Gasteiger partial charge is 0.232 e. The van der Waals surface area contributed by atoms with Crippen molar-refractivity contribution in [2.24, 2.45) is 0 Å². The van der Waals surface area contributed by atoms with Crippen LogP contribution < -0.4 is 4.74 Å². The highest BCUT2D eigenvalue weighted by molar-refractivity contribution is 7.99. The largest absolute Gasteiger partial charge is 0.497 e. The Morgan fingerprint density at radius 3 is 2.68 bits per heavy atom.